The van der Waals surface area contributed by atoms with Crippen LogP contribution in [0.2, 0.25) is 5.15 Å². The molecule has 0 bridgehead atoms. The van der Waals surface area contributed by atoms with Crippen molar-refractivity contribution in [1.82, 2.24) is 19.3 Å². The summed E-state index contributed by atoms with van der Waals surface area (Å²) in [6.07, 6.45) is 4.78. The van der Waals surface area contributed by atoms with Crippen LogP contribution in [0.5, 0.6) is 0 Å². The lowest BCUT2D eigenvalue weighted by Gasteiger charge is -2.34. The Hall–Kier alpha value is -2.56. The molecule has 32 heavy (non-hydrogen) atoms. The fourth-order valence-electron chi connectivity index (χ4n) is 5.45. The number of pyridine rings is 2. The van der Waals surface area contributed by atoms with Crippen molar-refractivity contribution in [1.29, 1.82) is 5.26 Å². The number of aryl methyl sites for hydroxylation is 1. The van der Waals surface area contributed by atoms with Crippen LogP contribution < -0.4 is 4.90 Å². The van der Waals surface area contributed by atoms with Gasteiger partial charge in [-0.1, -0.05) is 43.0 Å². The van der Waals surface area contributed by atoms with Gasteiger partial charge in [0.25, 0.3) is 6.71 Å². The lowest BCUT2D eigenvalue weighted by molar-refractivity contribution is 0.312. The summed E-state index contributed by atoms with van der Waals surface area (Å²) < 4.78 is 2.08. The maximum absolute atomic E-state index is 10.2. The predicted octanol–water partition coefficient (Wildman–Crippen LogP) is 4.13. The van der Waals surface area contributed by atoms with Gasteiger partial charge in [0.15, 0.2) is 0 Å². The van der Waals surface area contributed by atoms with E-state index < -0.39 is 0 Å². The highest BCUT2D eigenvalue weighted by atomic mass is 35.5. The molecule has 2 aliphatic heterocycles. The monoisotopic (exact) mass is 446 g/mol. The molecule has 5 heterocycles. The summed E-state index contributed by atoms with van der Waals surface area (Å²) in [5.74, 6) is 3.82. The molecule has 164 valence electrons. The van der Waals surface area contributed by atoms with Crippen molar-refractivity contribution in [2.24, 2.45) is 0 Å². The summed E-state index contributed by atoms with van der Waals surface area (Å²) in [4.78, 5) is 14.4. The van der Waals surface area contributed by atoms with Crippen molar-refractivity contribution in [3.8, 4) is 5.97 Å². The lowest BCUT2D eigenvalue weighted by Crippen LogP contribution is -2.45. The molecule has 0 aliphatic carbocycles. The SMILES string of the molecule is Cc1cccnc1C1CCCC(c2nc3cccc(N4CCN(C)CC4)n3c2Cl)B1C#N. The van der Waals surface area contributed by atoms with Crippen LogP contribution in [0, 0.1) is 18.2 Å². The minimum absolute atomic E-state index is 0.00731. The highest BCUT2D eigenvalue weighted by Gasteiger charge is 2.42. The van der Waals surface area contributed by atoms with Crippen molar-refractivity contribution in [3.05, 3.63) is 58.6 Å². The summed E-state index contributed by atoms with van der Waals surface area (Å²) >= 11 is 7.03. The van der Waals surface area contributed by atoms with Crippen molar-refractivity contribution in [3.63, 3.8) is 0 Å². The van der Waals surface area contributed by atoms with Gasteiger partial charge in [-0.05, 0) is 49.4 Å². The number of likely N-dealkylation sites (N-methyl/N-ethyl adjacent to an activating group) is 1. The van der Waals surface area contributed by atoms with E-state index in [4.69, 9.17) is 16.6 Å². The minimum Gasteiger partial charge on any atom is -0.355 e. The molecule has 0 radical (unpaired) electrons. The van der Waals surface area contributed by atoms with Crippen LogP contribution in [0.3, 0.4) is 0 Å². The molecular formula is C24H28BClN6. The minimum atomic E-state index is -0.188. The molecule has 6 nitrogen and oxygen atoms in total. The Balaban J connectivity index is 1.54. The summed E-state index contributed by atoms with van der Waals surface area (Å²) in [5.41, 5.74) is 3.91. The average molecular weight is 447 g/mol. The van der Waals surface area contributed by atoms with Crippen LogP contribution in [0.15, 0.2) is 36.5 Å². The third-order valence-corrected chi connectivity index (χ3v) is 7.58. The van der Waals surface area contributed by atoms with Gasteiger partial charge >= 0.3 is 0 Å². The molecule has 0 amide bonds. The fraction of sp³-hybridized carbons (Fsp3) is 0.458. The molecule has 5 rings (SSSR count). The maximum Gasteiger partial charge on any atom is 0.286 e. The van der Waals surface area contributed by atoms with Crippen LogP contribution >= 0.6 is 11.6 Å². The van der Waals surface area contributed by atoms with E-state index in [1.807, 2.05) is 18.3 Å². The van der Waals surface area contributed by atoms with Crippen LogP contribution in [-0.2, 0) is 0 Å². The molecule has 2 unspecified atom stereocenters. The van der Waals surface area contributed by atoms with Crippen molar-refractivity contribution >= 4 is 29.8 Å². The molecule has 0 spiro atoms. The highest BCUT2D eigenvalue weighted by Crippen LogP contribution is 2.42. The van der Waals surface area contributed by atoms with Crippen LogP contribution in [-0.4, -0.2) is 59.2 Å². The number of hydrogen-bond donors (Lipinski definition) is 0. The zero-order valence-corrected chi connectivity index (χ0v) is 19.5. The van der Waals surface area contributed by atoms with E-state index >= 15 is 0 Å². The first-order chi connectivity index (χ1) is 15.6. The van der Waals surface area contributed by atoms with E-state index in [-0.39, 0.29) is 18.3 Å². The van der Waals surface area contributed by atoms with Gasteiger partial charge in [0.1, 0.15) is 16.6 Å². The van der Waals surface area contributed by atoms with Gasteiger partial charge in [0.2, 0.25) is 0 Å². The van der Waals surface area contributed by atoms with Gasteiger partial charge in [-0.2, -0.15) is 0 Å². The second-order valence-corrected chi connectivity index (χ2v) is 9.52. The molecule has 8 heteroatoms. The normalized spacial score (nSPS) is 22.3. The van der Waals surface area contributed by atoms with Crippen LogP contribution in [0.4, 0.5) is 5.82 Å². The Kier molecular flexibility index (Phi) is 5.83. The molecular weight excluding hydrogens is 419 g/mol. The fourth-order valence-corrected chi connectivity index (χ4v) is 5.81. The number of rotatable bonds is 3. The quantitative estimate of drug-likeness (QED) is 0.566. The molecule has 0 N–H and O–H groups in total. The predicted molar refractivity (Wildman–Crippen MR) is 130 cm³/mol. The largest absolute Gasteiger partial charge is 0.355 e. The standard InChI is InChI=1S/C24H28BClN6/c1-17-6-5-11-28-22(17)18-7-3-8-19(25(18)16-27)23-24(26)32-20(29-23)9-4-10-21(32)31-14-12-30(2)13-15-31/h4-6,9-11,18-19H,3,7-8,12-15H2,1-2H3. The first-order valence-corrected chi connectivity index (χ1v) is 11.9. The molecule has 0 aromatic carbocycles. The number of nitrogens with zero attached hydrogens (tertiary/aromatic N) is 6. The Bertz CT molecular complexity index is 1160. The third-order valence-electron chi connectivity index (χ3n) is 7.22. The maximum atomic E-state index is 10.2. The number of anilines is 1. The highest BCUT2D eigenvalue weighted by molar-refractivity contribution is 6.70. The molecule has 2 atom stereocenters. The third kappa shape index (κ3) is 3.66. The Labute approximate surface area is 194 Å². The molecule has 3 aromatic heterocycles. The second-order valence-electron chi connectivity index (χ2n) is 9.16. The molecule has 2 saturated heterocycles. The second kappa shape index (κ2) is 8.76. The van der Waals surface area contributed by atoms with E-state index in [0.717, 1.165) is 73.9 Å². The Morgan fingerprint density at radius 1 is 1.06 bits per heavy atom. The van der Waals surface area contributed by atoms with Gasteiger partial charge in [0.05, 0.1) is 5.69 Å². The van der Waals surface area contributed by atoms with Crippen molar-refractivity contribution in [2.45, 2.75) is 37.8 Å². The zero-order valence-electron chi connectivity index (χ0n) is 18.7. The van der Waals surface area contributed by atoms with E-state index in [0.29, 0.717) is 5.15 Å². The van der Waals surface area contributed by atoms with Crippen molar-refractivity contribution in [2.75, 3.05) is 38.1 Å². The van der Waals surface area contributed by atoms with Gasteiger partial charge in [-0.25, -0.2) is 10.2 Å². The first kappa shape index (κ1) is 21.3. The van der Waals surface area contributed by atoms with Gasteiger partial charge in [-0.15, -0.1) is 0 Å². The number of imidazole rings is 1. The van der Waals surface area contributed by atoms with Crippen LogP contribution in [0.1, 0.15) is 47.8 Å². The van der Waals surface area contributed by atoms with Crippen LogP contribution in [0.25, 0.3) is 5.65 Å². The lowest BCUT2D eigenvalue weighted by atomic mass is 9.30. The number of nitriles is 1. The number of halogens is 1. The van der Waals surface area contributed by atoms with E-state index in [9.17, 15) is 5.26 Å². The zero-order chi connectivity index (χ0) is 22.2. The number of fused-ring (bicyclic) bond motifs is 1. The number of piperazine rings is 1. The van der Waals surface area contributed by atoms with Gasteiger partial charge < -0.3 is 9.80 Å². The first-order valence-electron chi connectivity index (χ1n) is 11.5. The Morgan fingerprint density at radius 2 is 1.81 bits per heavy atom. The molecule has 0 saturated carbocycles. The molecule has 3 aromatic rings. The van der Waals surface area contributed by atoms with E-state index in [2.05, 4.69) is 57.3 Å². The summed E-state index contributed by atoms with van der Waals surface area (Å²) in [5, 5.41) is 10.9. The summed E-state index contributed by atoms with van der Waals surface area (Å²) in [6, 6.07) is 10.2. The summed E-state index contributed by atoms with van der Waals surface area (Å²) in [6.45, 7) is 5.88. The molecule has 2 fully saturated rings. The van der Waals surface area contributed by atoms with Gasteiger partial charge in [0, 0.05) is 44.0 Å². The Morgan fingerprint density at radius 3 is 2.53 bits per heavy atom. The summed E-state index contributed by atoms with van der Waals surface area (Å²) in [7, 11) is 2.16. The topological polar surface area (TPSA) is 60.5 Å². The smallest absolute Gasteiger partial charge is 0.286 e. The van der Waals surface area contributed by atoms with E-state index in [1.165, 1.54) is 0 Å². The van der Waals surface area contributed by atoms with E-state index in [1.54, 1.807) is 0 Å². The number of hydrogen-bond acceptors (Lipinski definition) is 5. The number of aromatic nitrogens is 3. The van der Waals surface area contributed by atoms with Gasteiger partial charge in [-0.3, -0.25) is 9.38 Å². The average Bonchev–Trinajstić information content (AvgIpc) is 3.16. The van der Waals surface area contributed by atoms with Crippen molar-refractivity contribution < 1.29 is 0 Å². The molecule has 2 aliphatic rings.